The maximum absolute atomic E-state index is 12.9. The highest BCUT2D eigenvalue weighted by Crippen LogP contribution is 2.23. The van der Waals surface area contributed by atoms with Crippen molar-refractivity contribution in [3.8, 4) is 0 Å². The second kappa shape index (κ2) is 8.48. The van der Waals surface area contributed by atoms with Crippen molar-refractivity contribution >= 4 is 41.0 Å². The molecule has 2 N–H and O–H groups in total. The molecule has 7 nitrogen and oxygen atoms in total. The van der Waals surface area contributed by atoms with Crippen molar-refractivity contribution in [2.45, 2.75) is 6.92 Å². The van der Waals surface area contributed by atoms with Crippen LogP contribution in [0.15, 0.2) is 29.3 Å². The lowest BCUT2D eigenvalue weighted by molar-refractivity contribution is -0.906. The highest BCUT2D eigenvalue weighted by atomic mass is 32.1. The van der Waals surface area contributed by atoms with Gasteiger partial charge in [0.15, 0.2) is 11.0 Å². The number of carbonyl (C=O) groups excluding carboxylic acids is 2. The quantitative estimate of drug-likeness (QED) is 0.407. The largest absolute Gasteiger partial charge is 0.370 e. The predicted molar refractivity (Wildman–Crippen MR) is 103 cm³/mol. The van der Waals surface area contributed by atoms with Crippen LogP contribution in [-0.2, 0) is 14.3 Å². The van der Waals surface area contributed by atoms with E-state index in [0.717, 1.165) is 38.4 Å². The maximum atomic E-state index is 12.9. The fourth-order valence-corrected chi connectivity index (χ4v) is 3.37. The van der Waals surface area contributed by atoms with Crippen molar-refractivity contribution in [1.29, 1.82) is 0 Å². The normalized spacial score (nSPS) is 22.1. The Balaban J connectivity index is 1.67. The van der Waals surface area contributed by atoms with Crippen molar-refractivity contribution in [2.24, 2.45) is 10.9 Å². The zero-order valence-corrected chi connectivity index (χ0v) is 15.6. The molecule has 2 heterocycles. The molecule has 8 heteroatoms. The summed E-state index contributed by atoms with van der Waals surface area (Å²) in [7, 11) is 0. The monoisotopic (exact) mass is 375 g/mol. The molecule has 0 saturated carbocycles. The number of para-hydroxylation sites is 1. The second-order valence-corrected chi connectivity index (χ2v) is 6.79. The van der Waals surface area contributed by atoms with Gasteiger partial charge in [0.2, 0.25) is 5.91 Å². The minimum Gasteiger partial charge on any atom is -0.370 e. The number of hydrogen-bond donors (Lipinski definition) is 2. The molecule has 26 heavy (non-hydrogen) atoms. The van der Waals surface area contributed by atoms with Gasteiger partial charge in [-0.05, 0) is 30.8 Å². The molecule has 2 aliphatic heterocycles. The first kappa shape index (κ1) is 18.6. The van der Waals surface area contributed by atoms with Crippen molar-refractivity contribution < 1.29 is 19.2 Å². The molecular weight excluding hydrogens is 352 g/mol. The van der Waals surface area contributed by atoms with Gasteiger partial charge in [0.25, 0.3) is 5.91 Å². The highest BCUT2D eigenvalue weighted by Gasteiger charge is 2.38. The number of nitrogens with zero attached hydrogens (tertiary/aromatic N) is 2. The molecule has 0 radical (unpaired) electrons. The van der Waals surface area contributed by atoms with Crippen LogP contribution in [0.3, 0.4) is 0 Å². The van der Waals surface area contributed by atoms with Crippen molar-refractivity contribution in [1.82, 2.24) is 5.32 Å². The van der Waals surface area contributed by atoms with Crippen LogP contribution in [0.4, 0.5) is 5.69 Å². The van der Waals surface area contributed by atoms with E-state index < -0.39 is 11.8 Å². The number of hydrogen-bond acceptors (Lipinski definition) is 5. The number of amides is 2. The van der Waals surface area contributed by atoms with Crippen LogP contribution >= 0.6 is 12.2 Å². The zero-order valence-electron chi connectivity index (χ0n) is 14.7. The Kier molecular flexibility index (Phi) is 6.08. The predicted octanol–water partition coefficient (Wildman–Crippen LogP) is -0.655. The van der Waals surface area contributed by atoms with Gasteiger partial charge >= 0.3 is 0 Å². The maximum Gasteiger partial charge on any atom is 0.251 e. The summed E-state index contributed by atoms with van der Waals surface area (Å²) in [5.41, 5.74) is 1.59. The first-order valence-electron chi connectivity index (χ1n) is 8.73. The standard InChI is InChI=1S/C18H22N4O3S/c1-13-4-2-3-5-15(13)22-17(24)14(16(23)20-18(22)26)12-19-6-7-21-8-10-25-11-9-21/h2-5,12,14H,6-11H2,1H3,(H,20,23,26)/p+1/t14-/m1/s1. The molecule has 2 amide bonds. The minimum atomic E-state index is -0.957. The summed E-state index contributed by atoms with van der Waals surface area (Å²) >= 11 is 5.21. The molecule has 2 fully saturated rings. The van der Waals surface area contributed by atoms with Gasteiger partial charge in [-0.25, -0.2) is 0 Å². The topological polar surface area (TPSA) is 75.4 Å². The van der Waals surface area contributed by atoms with E-state index in [2.05, 4.69) is 10.3 Å². The van der Waals surface area contributed by atoms with Crippen LogP contribution in [-0.4, -0.2) is 62.5 Å². The van der Waals surface area contributed by atoms with Crippen LogP contribution in [0, 0.1) is 12.8 Å². The fraction of sp³-hybridized carbons (Fsp3) is 0.444. The summed E-state index contributed by atoms with van der Waals surface area (Å²) in [5, 5.41) is 2.72. The summed E-state index contributed by atoms with van der Waals surface area (Å²) in [6.45, 7) is 6.80. The lowest BCUT2D eigenvalue weighted by atomic mass is 10.0. The number of aliphatic imine (C=N–C) groups is 1. The molecule has 0 bridgehead atoms. The molecule has 0 aromatic heterocycles. The number of aryl methyl sites for hydroxylation is 1. The number of rotatable bonds is 5. The van der Waals surface area contributed by atoms with Crippen molar-refractivity contribution in [2.75, 3.05) is 44.3 Å². The number of thiocarbonyl (C=S) groups is 1. The van der Waals surface area contributed by atoms with E-state index in [1.165, 1.54) is 16.0 Å². The average Bonchev–Trinajstić information content (AvgIpc) is 2.63. The van der Waals surface area contributed by atoms with E-state index in [9.17, 15) is 9.59 Å². The third-order valence-corrected chi connectivity index (χ3v) is 4.89. The molecule has 1 atom stereocenters. The summed E-state index contributed by atoms with van der Waals surface area (Å²) in [6.07, 6.45) is 1.45. The van der Waals surface area contributed by atoms with E-state index in [1.54, 1.807) is 0 Å². The first-order chi connectivity index (χ1) is 12.6. The number of morpholine rings is 1. The summed E-state index contributed by atoms with van der Waals surface area (Å²) in [5.74, 6) is -1.75. The van der Waals surface area contributed by atoms with Gasteiger partial charge in [-0.1, -0.05) is 18.2 Å². The van der Waals surface area contributed by atoms with E-state index >= 15 is 0 Å². The van der Waals surface area contributed by atoms with Crippen molar-refractivity contribution in [3.05, 3.63) is 29.8 Å². The molecule has 0 aliphatic carbocycles. The SMILES string of the molecule is Cc1ccccc1N1C(=O)[C@H](C=NCC[NH+]2CCOCC2)C(=O)NC1=S. The van der Waals surface area contributed by atoms with Crippen LogP contribution in [0.25, 0.3) is 0 Å². The molecule has 3 rings (SSSR count). The molecule has 138 valence electrons. The Morgan fingerprint density at radius 2 is 2.08 bits per heavy atom. The van der Waals surface area contributed by atoms with Gasteiger partial charge < -0.3 is 15.0 Å². The van der Waals surface area contributed by atoms with Crippen LogP contribution in [0.1, 0.15) is 5.56 Å². The van der Waals surface area contributed by atoms with Gasteiger partial charge in [-0.2, -0.15) is 0 Å². The highest BCUT2D eigenvalue weighted by molar-refractivity contribution is 7.80. The lowest BCUT2D eigenvalue weighted by Crippen LogP contribution is -3.14. The summed E-state index contributed by atoms with van der Waals surface area (Å²) in [6, 6.07) is 7.44. The summed E-state index contributed by atoms with van der Waals surface area (Å²) < 4.78 is 5.33. The Hall–Kier alpha value is -2.16. The van der Waals surface area contributed by atoms with Gasteiger partial charge in [0.05, 0.1) is 32.0 Å². The number of nitrogens with one attached hydrogen (secondary N) is 2. The third kappa shape index (κ3) is 4.14. The molecule has 0 unspecified atom stereocenters. The van der Waals surface area contributed by atoms with E-state index in [4.69, 9.17) is 17.0 Å². The molecular formula is C18H23N4O3S+. The minimum absolute atomic E-state index is 0.108. The fourth-order valence-electron chi connectivity index (χ4n) is 3.08. The Morgan fingerprint density at radius 3 is 2.81 bits per heavy atom. The van der Waals surface area contributed by atoms with E-state index in [0.29, 0.717) is 12.2 Å². The van der Waals surface area contributed by atoms with Crippen LogP contribution in [0.2, 0.25) is 0 Å². The van der Waals surface area contributed by atoms with Crippen LogP contribution < -0.4 is 15.1 Å². The number of carbonyl (C=O) groups is 2. The number of quaternary nitrogens is 1. The molecule has 0 spiro atoms. The smallest absolute Gasteiger partial charge is 0.251 e. The second-order valence-electron chi connectivity index (χ2n) is 6.40. The average molecular weight is 375 g/mol. The van der Waals surface area contributed by atoms with E-state index in [1.807, 2.05) is 31.2 Å². The Labute approximate surface area is 158 Å². The molecule has 1 aromatic carbocycles. The van der Waals surface area contributed by atoms with Crippen LogP contribution in [0.5, 0.6) is 0 Å². The lowest BCUT2D eigenvalue weighted by Gasteiger charge is -2.31. The Bertz CT molecular complexity index is 731. The molecule has 2 saturated heterocycles. The van der Waals surface area contributed by atoms with Gasteiger partial charge in [0.1, 0.15) is 13.1 Å². The van der Waals surface area contributed by atoms with Crippen molar-refractivity contribution in [3.63, 3.8) is 0 Å². The van der Waals surface area contributed by atoms with E-state index in [-0.39, 0.29) is 11.0 Å². The Morgan fingerprint density at radius 1 is 1.35 bits per heavy atom. The molecule has 2 aliphatic rings. The molecule has 1 aromatic rings. The number of anilines is 1. The third-order valence-electron chi connectivity index (χ3n) is 4.61. The van der Waals surface area contributed by atoms with Gasteiger partial charge in [0, 0.05) is 6.21 Å². The van der Waals surface area contributed by atoms with Gasteiger partial charge in [-0.15, -0.1) is 0 Å². The first-order valence-corrected chi connectivity index (χ1v) is 9.14. The van der Waals surface area contributed by atoms with Gasteiger partial charge in [-0.3, -0.25) is 19.5 Å². The zero-order chi connectivity index (χ0) is 18.5. The number of ether oxygens (including phenoxy) is 1. The number of benzene rings is 1. The summed E-state index contributed by atoms with van der Waals surface area (Å²) in [4.78, 5) is 32.2.